The first-order valence-corrected chi connectivity index (χ1v) is 10.5. The van der Waals surface area contributed by atoms with E-state index >= 15 is 0 Å². The van der Waals surface area contributed by atoms with Gasteiger partial charge in [-0.05, 0) is 30.9 Å². The lowest BCUT2D eigenvalue weighted by Gasteiger charge is -2.44. The Bertz CT molecular complexity index is 888. The molecule has 4 heterocycles. The minimum absolute atomic E-state index is 0.362. The average Bonchev–Trinajstić information content (AvgIpc) is 3.14. The van der Waals surface area contributed by atoms with E-state index in [1.54, 1.807) is 0 Å². The van der Waals surface area contributed by atoms with Crippen molar-refractivity contribution < 1.29 is 14.6 Å². The van der Waals surface area contributed by atoms with E-state index in [1.807, 2.05) is 25.1 Å². The molecule has 0 radical (unpaired) electrons. The van der Waals surface area contributed by atoms with Crippen LogP contribution >= 0.6 is 11.3 Å². The number of hydrogen-bond donors (Lipinski definition) is 1. The summed E-state index contributed by atoms with van der Waals surface area (Å²) in [6.45, 7) is 4.41. The van der Waals surface area contributed by atoms with E-state index in [0.717, 1.165) is 61.8 Å². The molecular formula is C20H26N4O3S. The summed E-state index contributed by atoms with van der Waals surface area (Å²) in [5.74, 6) is 0.837. The highest BCUT2D eigenvalue weighted by atomic mass is 32.1. The van der Waals surface area contributed by atoms with Crippen LogP contribution in [-0.2, 0) is 23.2 Å². The van der Waals surface area contributed by atoms with E-state index in [2.05, 4.69) is 22.9 Å². The van der Waals surface area contributed by atoms with Crippen molar-refractivity contribution in [3.05, 3.63) is 33.1 Å². The summed E-state index contributed by atoms with van der Waals surface area (Å²) in [4.78, 5) is 26.5. The molecule has 0 saturated carbocycles. The number of fused-ring (bicyclic) bond motifs is 2. The molecule has 1 saturated heterocycles. The molecule has 4 rings (SSSR count). The second-order valence-corrected chi connectivity index (χ2v) is 8.73. The molecule has 0 amide bonds. The molecule has 1 N–H and O–H groups in total. The van der Waals surface area contributed by atoms with E-state index < -0.39 is 5.97 Å². The molecule has 0 unspecified atom stereocenters. The van der Waals surface area contributed by atoms with E-state index in [-0.39, 0.29) is 5.60 Å². The Labute approximate surface area is 169 Å². The third kappa shape index (κ3) is 3.35. The molecule has 8 heteroatoms. The number of rotatable bonds is 4. The lowest BCUT2D eigenvalue weighted by atomic mass is 9.82. The molecule has 2 aliphatic rings. The van der Waals surface area contributed by atoms with E-state index in [0.29, 0.717) is 11.5 Å². The summed E-state index contributed by atoms with van der Waals surface area (Å²) in [6, 6.07) is 3.91. The van der Waals surface area contributed by atoms with E-state index in [1.165, 1.54) is 16.2 Å². The minimum atomic E-state index is -0.851. The number of thiophene rings is 1. The molecule has 2 aromatic heterocycles. The molecule has 0 aliphatic carbocycles. The Balaban J connectivity index is 1.58. The van der Waals surface area contributed by atoms with Gasteiger partial charge in [-0.3, -0.25) is 0 Å². The van der Waals surface area contributed by atoms with Crippen molar-refractivity contribution in [2.24, 2.45) is 0 Å². The Hall–Kier alpha value is -2.19. The number of nitrogens with zero attached hydrogens (tertiary/aromatic N) is 4. The van der Waals surface area contributed by atoms with Crippen molar-refractivity contribution in [3.8, 4) is 0 Å². The molecule has 0 aromatic carbocycles. The number of aromatic nitrogens is 2. The highest BCUT2D eigenvalue weighted by Crippen LogP contribution is 2.45. The maximum atomic E-state index is 11.4. The molecule has 1 spiro atoms. The average molecular weight is 403 g/mol. The largest absolute Gasteiger partial charge is 0.477 e. The molecule has 28 heavy (non-hydrogen) atoms. The molecule has 150 valence electrons. The molecule has 2 aromatic rings. The van der Waals surface area contributed by atoms with Gasteiger partial charge in [0.05, 0.1) is 12.2 Å². The first-order chi connectivity index (χ1) is 13.4. The van der Waals surface area contributed by atoms with Crippen LogP contribution in [0.5, 0.6) is 0 Å². The SMILES string of the molecule is CCc1cc(N2CCC3(CC2)OCCc2sc(C(=O)O)cc23)nc(N(C)C)n1. The molecule has 2 aliphatic heterocycles. The van der Waals surface area contributed by atoms with Crippen molar-refractivity contribution in [1.29, 1.82) is 0 Å². The maximum absolute atomic E-state index is 11.4. The lowest BCUT2D eigenvalue weighted by Crippen LogP contribution is -2.46. The van der Waals surface area contributed by atoms with Crippen molar-refractivity contribution in [1.82, 2.24) is 9.97 Å². The molecule has 0 bridgehead atoms. The third-order valence-corrected chi connectivity index (χ3v) is 6.81. The summed E-state index contributed by atoms with van der Waals surface area (Å²) in [7, 11) is 3.91. The van der Waals surface area contributed by atoms with Crippen LogP contribution in [0.2, 0.25) is 0 Å². The monoisotopic (exact) mass is 402 g/mol. The number of piperidine rings is 1. The predicted octanol–water partition coefficient (Wildman–Crippen LogP) is 2.93. The third-order valence-electron chi connectivity index (χ3n) is 5.63. The molecular weight excluding hydrogens is 376 g/mol. The zero-order chi connectivity index (χ0) is 19.9. The fraction of sp³-hybridized carbons (Fsp3) is 0.550. The van der Waals surface area contributed by atoms with Gasteiger partial charge in [-0.15, -0.1) is 11.3 Å². The van der Waals surface area contributed by atoms with Gasteiger partial charge in [-0.1, -0.05) is 6.92 Å². The number of ether oxygens (including phenoxy) is 1. The smallest absolute Gasteiger partial charge is 0.345 e. The summed E-state index contributed by atoms with van der Waals surface area (Å²) in [5, 5.41) is 9.37. The Kier molecular flexibility index (Phi) is 5.01. The molecule has 0 atom stereocenters. The van der Waals surface area contributed by atoms with Gasteiger partial charge in [0.2, 0.25) is 5.95 Å². The first-order valence-electron chi connectivity index (χ1n) is 9.72. The second-order valence-electron chi connectivity index (χ2n) is 7.60. The first kappa shape index (κ1) is 19.1. The minimum Gasteiger partial charge on any atom is -0.477 e. The van der Waals surface area contributed by atoms with Crippen LogP contribution in [0.25, 0.3) is 0 Å². The Morgan fingerprint density at radius 2 is 2.07 bits per heavy atom. The zero-order valence-electron chi connectivity index (χ0n) is 16.6. The van der Waals surface area contributed by atoms with Crippen molar-refractivity contribution in [3.63, 3.8) is 0 Å². The number of aryl methyl sites for hydroxylation is 1. The van der Waals surface area contributed by atoms with Crippen LogP contribution in [0.15, 0.2) is 12.1 Å². The molecule has 1 fully saturated rings. The van der Waals surface area contributed by atoms with Crippen LogP contribution in [-0.4, -0.2) is 54.8 Å². The summed E-state index contributed by atoms with van der Waals surface area (Å²) < 4.78 is 6.26. The number of carboxylic acid groups (broad SMARTS) is 1. The summed E-state index contributed by atoms with van der Waals surface area (Å²) >= 11 is 1.40. The quantitative estimate of drug-likeness (QED) is 0.842. The fourth-order valence-electron chi connectivity index (χ4n) is 4.05. The van der Waals surface area contributed by atoms with Gasteiger partial charge in [0.15, 0.2) is 0 Å². The van der Waals surface area contributed by atoms with Crippen LogP contribution in [0.4, 0.5) is 11.8 Å². The van der Waals surface area contributed by atoms with Crippen LogP contribution < -0.4 is 9.80 Å². The van der Waals surface area contributed by atoms with Gasteiger partial charge in [-0.25, -0.2) is 9.78 Å². The van der Waals surface area contributed by atoms with Gasteiger partial charge in [0.25, 0.3) is 0 Å². The zero-order valence-corrected chi connectivity index (χ0v) is 17.4. The Morgan fingerprint density at radius 3 is 2.71 bits per heavy atom. The number of carboxylic acids is 1. The standard InChI is InChI=1S/C20H26N4O3S/c1-4-13-11-17(22-19(21-13)23(2)3)24-8-6-20(7-9-24)14-12-16(18(25)26)28-15(14)5-10-27-20/h11-12H,4-10H2,1-3H3,(H,25,26). The number of aromatic carboxylic acids is 1. The molecule has 7 nitrogen and oxygen atoms in total. The fourth-order valence-corrected chi connectivity index (χ4v) is 5.12. The van der Waals surface area contributed by atoms with Gasteiger partial charge in [0.1, 0.15) is 10.7 Å². The van der Waals surface area contributed by atoms with E-state index in [9.17, 15) is 9.90 Å². The van der Waals surface area contributed by atoms with Gasteiger partial charge in [0, 0.05) is 50.2 Å². The van der Waals surface area contributed by atoms with Crippen molar-refractivity contribution in [2.45, 2.75) is 38.2 Å². The predicted molar refractivity (Wildman–Crippen MR) is 110 cm³/mol. The van der Waals surface area contributed by atoms with Crippen molar-refractivity contribution >= 4 is 29.1 Å². The lowest BCUT2D eigenvalue weighted by molar-refractivity contribution is -0.0757. The second kappa shape index (κ2) is 7.33. The van der Waals surface area contributed by atoms with Gasteiger partial charge in [-0.2, -0.15) is 4.98 Å². The maximum Gasteiger partial charge on any atom is 0.345 e. The summed E-state index contributed by atoms with van der Waals surface area (Å²) in [6.07, 6.45) is 3.33. The highest BCUT2D eigenvalue weighted by Gasteiger charge is 2.42. The number of anilines is 2. The Morgan fingerprint density at radius 1 is 1.32 bits per heavy atom. The topological polar surface area (TPSA) is 78.8 Å². The van der Waals surface area contributed by atoms with Crippen LogP contribution in [0.1, 0.15) is 45.6 Å². The van der Waals surface area contributed by atoms with E-state index in [4.69, 9.17) is 9.72 Å². The normalized spacial score (nSPS) is 18.2. The van der Waals surface area contributed by atoms with Gasteiger partial charge < -0.3 is 19.6 Å². The van der Waals surface area contributed by atoms with Crippen molar-refractivity contribution in [2.75, 3.05) is 43.6 Å². The highest BCUT2D eigenvalue weighted by molar-refractivity contribution is 7.14. The number of hydrogen-bond acceptors (Lipinski definition) is 7. The van der Waals surface area contributed by atoms with Gasteiger partial charge >= 0.3 is 5.97 Å². The number of carbonyl (C=O) groups is 1. The summed E-state index contributed by atoms with van der Waals surface area (Å²) in [5.41, 5.74) is 1.76. The van der Waals surface area contributed by atoms with Crippen LogP contribution in [0, 0.1) is 0 Å². The van der Waals surface area contributed by atoms with Crippen LogP contribution in [0.3, 0.4) is 0 Å².